The summed E-state index contributed by atoms with van der Waals surface area (Å²) in [6.45, 7) is 0. The smallest absolute Gasteiger partial charge is 0.164 e. The fourth-order valence-electron chi connectivity index (χ4n) is 2.11. The van der Waals surface area contributed by atoms with Gasteiger partial charge in [0.2, 0.25) is 0 Å². The van der Waals surface area contributed by atoms with Crippen LogP contribution in [0.15, 0.2) is 59.5 Å². The number of carbonyl (C=O) groups is 1. The number of thioether (sulfide) groups is 1. The SMILES string of the molecule is CSc1ccccc1C(=O)CCCc1ccccc1. The molecule has 0 spiro atoms. The molecule has 0 atom stereocenters. The van der Waals surface area contributed by atoms with Crippen LogP contribution in [0.3, 0.4) is 0 Å². The van der Waals surface area contributed by atoms with Crippen LogP contribution in [0.25, 0.3) is 0 Å². The zero-order valence-electron chi connectivity index (χ0n) is 11.1. The van der Waals surface area contributed by atoms with Gasteiger partial charge >= 0.3 is 0 Å². The van der Waals surface area contributed by atoms with Crippen LogP contribution >= 0.6 is 11.8 Å². The summed E-state index contributed by atoms with van der Waals surface area (Å²) in [5.74, 6) is 0.251. The van der Waals surface area contributed by atoms with E-state index in [-0.39, 0.29) is 5.78 Å². The number of rotatable bonds is 6. The standard InChI is InChI=1S/C17H18OS/c1-19-17-13-6-5-11-15(17)16(18)12-7-10-14-8-3-2-4-9-14/h2-6,8-9,11,13H,7,10,12H2,1H3. The van der Waals surface area contributed by atoms with E-state index in [4.69, 9.17) is 0 Å². The molecule has 0 aromatic heterocycles. The molecule has 0 aliphatic rings. The van der Waals surface area contributed by atoms with Crippen molar-refractivity contribution in [3.05, 3.63) is 65.7 Å². The van der Waals surface area contributed by atoms with Gasteiger partial charge in [-0.15, -0.1) is 11.8 Å². The highest BCUT2D eigenvalue weighted by Crippen LogP contribution is 2.21. The van der Waals surface area contributed by atoms with Crippen molar-refractivity contribution < 1.29 is 4.79 Å². The van der Waals surface area contributed by atoms with Crippen LogP contribution in [-0.4, -0.2) is 12.0 Å². The van der Waals surface area contributed by atoms with E-state index in [2.05, 4.69) is 12.1 Å². The van der Waals surface area contributed by atoms with E-state index in [0.29, 0.717) is 6.42 Å². The normalized spacial score (nSPS) is 10.4. The van der Waals surface area contributed by atoms with E-state index >= 15 is 0 Å². The summed E-state index contributed by atoms with van der Waals surface area (Å²) in [6.07, 6.45) is 4.50. The molecule has 0 aliphatic carbocycles. The first-order chi connectivity index (χ1) is 9.31. The lowest BCUT2D eigenvalue weighted by molar-refractivity contribution is 0.0977. The molecule has 0 N–H and O–H groups in total. The Morgan fingerprint density at radius 2 is 1.68 bits per heavy atom. The van der Waals surface area contributed by atoms with Gasteiger partial charge in [0.15, 0.2) is 5.78 Å². The van der Waals surface area contributed by atoms with Crippen molar-refractivity contribution in [1.29, 1.82) is 0 Å². The van der Waals surface area contributed by atoms with Gasteiger partial charge in [-0.1, -0.05) is 48.5 Å². The monoisotopic (exact) mass is 270 g/mol. The van der Waals surface area contributed by atoms with Crippen molar-refractivity contribution in [3.63, 3.8) is 0 Å². The zero-order chi connectivity index (χ0) is 13.5. The first-order valence-electron chi connectivity index (χ1n) is 6.51. The molecule has 98 valence electrons. The number of hydrogen-bond acceptors (Lipinski definition) is 2. The Morgan fingerprint density at radius 1 is 1.00 bits per heavy atom. The molecule has 0 saturated heterocycles. The van der Waals surface area contributed by atoms with Crippen molar-refractivity contribution in [3.8, 4) is 0 Å². The van der Waals surface area contributed by atoms with Gasteiger partial charge in [0.1, 0.15) is 0 Å². The predicted molar refractivity (Wildman–Crippen MR) is 81.9 cm³/mol. The lowest BCUT2D eigenvalue weighted by Crippen LogP contribution is -2.01. The van der Waals surface area contributed by atoms with Crippen LogP contribution in [-0.2, 0) is 6.42 Å². The van der Waals surface area contributed by atoms with Crippen molar-refractivity contribution in [2.75, 3.05) is 6.26 Å². The Labute approximate surface area is 119 Å². The van der Waals surface area contributed by atoms with Crippen molar-refractivity contribution in [1.82, 2.24) is 0 Å². The van der Waals surface area contributed by atoms with Crippen LogP contribution in [0.2, 0.25) is 0 Å². The van der Waals surface area contributed by atoms with E-state index in [1.807, 2.05) is 48.7 Å². The molecule has 19 heavy (non-hydrogen) atoms. The maximum absolute atomic E-state index is 12.2. The number of carbonyl (C=O) groups excluding carboxylic acids is 1. The van der Waals surface area contributed by atoms with Gasteiger partial charge in [-0.05, 0) is 30.7 Å². The van der Waals surface area contributed by atoms with Crippen molar-refractivity contribution in [2.24, 2.45) is 0 Å². The van der Waals surface area contributed by atoms with Gasteiger partial charge in [0, 0.05) is 16.9 Å². The number of ketones is 1. The lowest BCUT2D eigenvalue weighted by Gasteiger charge is -2.06. The highest BCUT2D eigenvalue weighted by atomic mass is 32.2. The zero-order valence-corrected chi connectivity index (χ0v) is 12.0. The first kappa shape index (κ1) is 13.9. The van der Waals surface area contributed by atoms with Gasteiger partial charge < -0.3 is 0 Å². The highest BCUT2D eigenvalue weighted by Gasteiger charge is 2.09. The van der Waals surface area contributed by atoms with Crippen molar-refractivity contribution in [2.45, 2.75) is 24.2 Å². The van der Waals surface area contributed by atoms with Crippen LogP contribution in [0.5, 0.6) is 0 Å². The number of benzene rings is 2. The van der Waals surface area contributed by atoms with Gasteiger partial charge in [0.25, 0.3) is 0 Å². The summed E-state index contributed by atoms with van der Waals surface area (Å²) in [4.78, 5) is 13.3. The third-order valence-electron chi connectivity index (χ3n) is 3.12. The molecule has 0 radical (unpaired) electrons. The van der Waals surface area contributed by atoms with E-state index in [1.165, 1.54) is 5.56 Å². The highest BCUT2D eigenvalue weighted by molar-refractivity contribution is 7.98. The number of aryl methyl sites for hydroxylation is 1. The van der Waals surface area contributed by atoms with E-state index < -0.39 is 0 Å². The Morgan fingerprint density at radius 3 is 2.42 bits per heavy atom. The molecule has 1 nitrogen and oxygen atoms in total. The predicted octanol–water partition coefficient (Wildman–Crippen LogP) is 4.61. The van der Waals surface area contributed by atoms with E-state index in [1.54, 1.807) is 11.8 Å². The third-order valence-corrected chi connectivity index (χ3v) is 3.92. The lowest BCUT2D eigenvalue weighted by atomic mass is 10.0. The molecule has 2 rings (SSSR count). The van der Waals surface area contributed by atoms with Crippen molar-refractivity contribution >= 4 is 17.5 Å². The minimum Gasteiger partial charge on any atom is -0.294 e. The average Bonchev–Trinajstić information content (AvgIpc) is 2.48. The quantitative estimate of drug-likeness (QED) is 0.563. The minimum absolute atomic E-state index is 0.251. The molecule has 0 bridgehead atoms. The van der Waals surface area contributed by atoms with Crippen LogP contribution in [0.1, 0.15) is 28.8 Å². The summed E-state index contributed by atoms with van der Waals surface area (Å²) in [6, 6.07) is 18.2. The summed E-state index contributed by atoms with van der Waals surface area (Å²) >= 11 is 1.63. The largest absolute Gasteiger partial charge is 0.294 e. The second-order valence-electron chi connectivity index (χ2n) is 4.46. The van der Waals surface area contributed by atoms with Crippen LogP contribution in [0.4, 0.5) is 0 Å². The van der Waals surface area contributed by atoms with Crippen LogP contribution in [0, 0.1) is 0 Å². The van der Waals surface area contributed by atoms with Gasteiger partial charge in [0.05, 0.1) is 0 Å². The maximum Gasteiger partial charge on any atom is 0.164 e. The Hall–Kier alpha value is -1.54. The topological polar surface area (TPSA) is 17.1 Å². The summed E-state index contributed by atoms with van der Waals surface area (Å²) in [5, 5.41) is 0. The molecule has 0 fully saturated rings. The van der Waals surface area contributed by atoms with Gasteiger partial charge in [-0.3, -0.25) is 4.79 Å². The second kappa shape index (κ2) is 7.15. The Balaban J connectivity index is 1.91. The molecule has 0 amide bonds. The second-order valence-corrected chi connectivity index (χ2v) is 5.31. The first-order valence-corrected chi connectivity index (χ1v) is 7.74. The summed E-state index contributed by atoms with van der Waals surface area (Å²) < 4.78 is 0. The molecule has 2 aromatic rings. The Bertz CT molecular complexity index is 534. The molecule has 0 heterocycles. The number of hydrogen-bond donors (Lipinski definition) is 0. The maximum atomic E-state index is 12.2. The summed E-state index contributed by atoms with van der Waals surface area (Å²) in [7, 11) is 0. The molecule has 0 unspecified atom stereocenters. The fourth-order valence-corrected chi connectivity index (χ4v) is 2.72. The van der Waals surface area contributed by atoms with Gasteiger partial charge in [-0.2, -0.15) is 0 Å². The summed E-state index contributed by atoms with van der Waals surface area (Å²) in [5.41, 5.74) is 2.16. The Kier molecular flexibility index (Phi) is 5.22. The van der Waals surface area contributed by atoms with Crippen LogP contribution < -0.4 is 0 Å². The molecular weight excluding hydrogens is 252 g/mol. The third kappa shape index (κ3) is 3.97. The van der Waals surface area contributed by atoms with E-state index in [9.17, 15) is 4.79 Å². The molecule has 0 saturated carbocycles. The molecule has 2 aromatic carbocycles. The molecule has 0 aliphatic heterocycles. The fraction of sp³-hybridized carbons (Fsp3) is 0.235. The minimum atomic E-state index is 0.251. The number of Topliss-reactive ketones (excluding diaryl/α,β-unsaturated/α-hetero) is 1. The van der Waals surface area contributed by atoms with E-state index in [0.717, 1.165) is 23.3 Å². The molecule has 2 heteroatoms. The molecular formula is C17H18OS. The van der Waals surface area contributed by atoms with Gasteiger partial charge in [-0.25, -0.2) is 0 Å². The average molecular weight is 270 g/mol.